The third-order valence-electron chi connectivity index (χ3n) is 20.4. The average Bonchev–Trinajstić information content (AvgIpc) is 1.61. The lowest BCUT2D eigenvalue weighted by Gasteiger charge is -2.34. The van der Waals surface area contributed by atoms with Crippen LogP contribution in [-0.2, 0) is 83.1 Å². The Morgan fingerprint density at radius 2 is 0.786 bits per heavy atom. The van der Waals surface area contributed by atoms with Crippen LogP contribution < -0.4 is 109 Å². The Morgan fingerprint density at radius 1 is 0.421 bits per heavy atom. The van der Waals surface area contributed by atoms with Gasteiger partial charge in [-0.1, -0.05) is 95.3 Å². The molecular weight excluding hydrogens is 1650 g/mol. The van der Waals surface area contributed by atoms with Crippen molar-refractivity contribution < 1.29 is 107 Å². The molecule has 13 amide bonds. The molecule has 0 fully saturated rings. The zero-order valence-electron chi connectivity index (χ0n) is 71.5. The van der Waals surface area contributed by atoms with Crippen molar-refractivity contribution >= 4 is 107 Å². The summed E-state index contributed by atoms with van der Waals surface area (Å²) in [4.78, 5) is 221. The molecule has 33 N–H and O–H groups in total. The quantitative estimate of drug-likeness (QED) is 0.0148. The number of benzene rings is 3. The van der Waals surface area contributed by atoms with Gasteiger partial charge in [0.05, 0.1) is 13.0 Å². The van der Waals surface area contributed by atoms with Crippen LogP contribution in [-0.4, -0.2) is 251 Å². The van der Waals surface area contributed by atoms with Crippen molar-refractivity contribution in [3.63, 3.8) is 0 Å². The monoisotopic (exact) mass is 1770 g/mol. The minimum atomic E-state index is -1.94. The molecule has 126 heavy (non-hydrogen) atoms. The standard InChI is InChI=1S/C82H126N22O22/c1-44(2)65(76(121)99-57(31-33-62(86)107)71(116)93-54(24-12-15-37-85)69(114)100-60(78(123)124)41-64(110)111)103-77(122)66(82(3,4)5)104-73(118)56(26-17-39-92-80(89)90)95-67(112)53(23-11-14-36-84)97-75(120)61(42-105)101-70(115)55(25-16-38-91-79(87)88)94-72(117)58(32-34-63(108)109)98-68(113)52(22-10-13-35-83)96-74(119)59(40-45-27-29-46(106)30-28-45)102-81(125)126-43-51-49-20-8-6-18-47(49)48-19-7-9-21-50(48)51/h6-9,18-21,27-30,44,51-61,65-66,105-106H,10-17,22-26,31-43,83-85H2,1-5H3,(H2,86,107)(H,93,116)(H,94,117)(H,95,112)(H,96,119)(H,97,120)(H,98,113)(H,99,121)(H,100,114)(H,101,115)(H,102,125)(H,103,122)(H,104,118)(H,108,109)(H,110,111)(H,123,124)(H4,87,88,91)(H4,89,90,92)/t52-,53-,54-,55-,56-,57-,58-,59+,60-,61-,65-,66?/m0/s1. The van der Waals surface area contributed by atoms with E-state index in [4.69, 9.17) is 50.0 Å². The summed E-state index contributed by atoms with van der Waals surface area (Å²) in [7, 11) is 0. The van der Waals surface area contributed by atoms with Crippen molar-refractivity contribution in [1.29, 1.82) is 10.8 Å². The molecule has 0 aliphatic heterocycles. The molecule has 3 aromatic rings. The van der Waals surface area contributed by atoms with Gasteiger partial charge in [0.2, 0.25) is 70.9 Å². The van der Waals surface area contributed by atoms with Crippen LogP contribution in [0.4, 0.5) is 4.79 Å². The maximum absolute atomic E-state index is 14.8. The molecule has 696 valence electrons. The molecule has 44 heteroatoms. The number of aliphatic carboxylic acids is 3. The topological polar surface area (TPSA) is 756 Å². The first-order valence-electron chi connectivity index (χ1n) is 41.7. The zero-order valence-corrected chi connectivity index (χ0v) is 71.5. The van der Waals surface area contributed by atoms with Gasteiger partial charge in [-0.3, -0.25) is 77.9 Å². The predicted molar refractivity (Wildman–Crippen MR) is 459 cm³/mol. The number of aliphatic hydroxyl groups excluding tert-OH is 1. The van der Waals surface area contributed by atoms with Crippen LogP contribution in [0.5, 0.6) is 5.75 Å². The van der Waals surface area contributed by atoms with Crippen molar-refractivity contribution in [2.75, 3.05) is 45.9 Å². The molecule has 0 radical (unpaired) electrons. The van der Waals surface area contributed by atoms with Gasteiger partial charge in [-0.2, -0.15) is 0 Å². The highest BCUT2D eigenvalue weighted by molar-refractivity contribution is 6.00. The molecule has 12 atom stereocenters. The van der Waals surface area contributed by atoms with Crippen molar-refractivity contribution in [3.8, 4) is 16.9 Å². The maximum atomic E-state index is 14.8. The number of aliphatic hydroxyl groups is 1. The largest absolute Gasteiger partial charge is 0.508 e. The van der Waals surface area contributed by atoms with Crippen LogP contribution >= 0.6 is 0 Å². The van der Waals surface area contributed by atoms with Gasteiger partial charge in [-0.05, 0) is 167 Å². The fourth-order valence-corrected chi connectivity index (χ4v) is 13.5. The SMILES string of the molecule is CC(C)[C@H](NC(=O)C(NC(=O)[C@H](CCCNC(=N)N)NC(=O)[C@H](CCCCN)NC(=O)[C@H](CO)NC(=O)[C@H](CCCNC(=N)N)NC(=O)[C@H](CCC(=O)O)NC(=O)[C@H](CCCCN)NC(=O)[C@@H](Cc1ccc(O)cc1)NC(=O)OCC1c2ccccc2-c2ccccc21)C(C)(C)C)C(=O)N[C@@H](CCC(N)=O)C(=O)N[C@@H](CCCCN)C(=O)N[C@@H](CC(=O)O)C(=O)O. The second-order valence-electron chi connectivity index (χ2n) is 31.9. The Hall–Kier alpha value is -12.8. The van der Waals surface area contributed by atoms with E-state index in [-0.39, 0.29) is 128 Å². The van der Waals surface area contributed by atoms with Crippen LogP contribution in [0.2, 0.25) is 0 Å². The number of carboxylic acids is 3. The summed E-state index contributed by atoms with van der Waals surface area (Å²) < 4.78 is 5.80. The molecule has 1 unspecified atom stereocenters. The highest BCUT2D eigenvalue weighted by atomic mass is 16.5. The van der Waals surface area contributed by atoms with E-state index in [1.165, 1.54) is 38.1 Å². The van der Waals surface area contributed by atoms with Gasteiger partial charge in [0, 0.05) is 38.3 Å². The Kier molecular flexibility index (Phi) is 45.2. The highest BCUT2D eigenvalue weighted by Crippen LogP contribution is 2.44. The van der Waals surface area contributed by atoms with Crippen molar-refractivity contribution in [1.82, 2.24) is 74.4 Å². The van der Waals surface area contributed by atoms with E-state index >= 15 is 0 Å². The van der Waals surface area contributed by atoms with Crippen LogP contribution in [0.25, 0.3) is 11.1 Å². The number of nitrogens with two attached hydrogens (primary N) is 6. The molecule has 0 bridgehead atoms. The number of hydrogen-bond acceptors (Lipinski definition) is 24. The lowest BCUT2D eigenvalue weighted by Crippen LogP contribution is -2.63. The van der Waals surface area contributed by atoms with Crippen molar-refractivity contribution in [3.05, 3.63) is 89.5 Å². The van der Waals surface area contributed by atoms with Gasteiger partial charge >= 0.3 is 24.0 Å². The summed E-state index contributed by atoms with van der Waals surface area (Å²) in [6.07, 6.45) is -4.24. The van der Waals surface area contributed by atoms with Crippen LogP contribution in [0, 0.1) is 22.2 Å². The number of guanidine groups is 2. The van der Waals surface area contributed by atoms with E-state index in [9.17, 15) is 102 Å². The van der Waals surface area contributed by atoms with Gasteiger partial charge < -0.3 is 139 Å². The summed E-state index contributed by atoms with van der Waals surface area (Å²) in [6, 6.07) is 1.16. The second kappa shape index (κ2) is 54.0. The number of primary amides is 1. The Labute approximate surface area is 729 Å². The Balaban J connectivity index is 1.62. The van der Waals surface area contributed by atoms with Gasteiger partial charge in [-0.15, -0.1) is 0 Å². The third-order valence-corrected chi connectivity index (χ3v) is 20.4. The number of carbonyl (C=O) groups is 16. The normalized spacial score (nSPS) is 14.4. The van der Waals surface area contributed by atoms with E-state index in [2.05, 4.69) is 74.4 Å². The van der Waals surface area contributed by atoms with Gasteiger partial charge in [-0.25, -0.2) is 9.59 Å². The van der Waals surface area contributed by atoms with Gasteiger partial charge in [0.25, 0.3) is 0 Å². The molecule has 0 saturated carbocycles. The minimum absolute atomic E-state index is 0.000357. The van der Waals surface area contributed by atoms with Crippen LogP contribution in [0.1, 0.15) is 173 Å². The van der Waals surface area contributed by atoms with Crippen molar-refractivity contribution in [2.24, 2.45) is 45.7 Å². The number of carboxylic acid groups (broad SMARTS) is 3. The first-order valence-corrected chi connectivity index (χ1v) is 41.7. The molecule has 1 aliphatic rings. The molecule has 0 spiro atoms. The summed E-state index contributed by atoms with van der Waals surface area (Å²) in [5.41, 5.74) is 36.8. The Morgan fingerprint density at radius 3 is 1.16 bits per heavy atom. The number of aromatic hydroxyl groups is 1. The van der Waals surface area contributed by atoms with E-state index < -0.39 is 229 Å². The van der Waals surface area contributed by atoms with Crippen LogP contribution in [0.15, 0.2) is 72.8 Å². The smallest absolute Gasteiger partial charge is 0.407 e. The lowest BCUT2D eigenvalue weighted by molar-refractivity contribution is -0.147. The zero-order chi connectivity index (χ0) is 93.9. The highest BCUT2D eigenvalue weighted by Gasteiger charge is 2.41. The van der Waals surface area contributed by atoms with E-state index in [1.807, 2.05) is 48.5 Å². The number of carbonyl (C=O) groups excluding carboxylic acids is 13. The lowest BCUT2D eigenvalue weighted by atomic mass is 9.85. The number of hydrogen-bond donors (Lipinski definition) is 27. The van der Waals surface area contributed by atoms with Gasteiger partial charge in [0.15, 0.2) is 11.9 Å². The molecular formula is C82H126N22O22. The molecule has 0 aromatic heterocycles. The molecule has 3 aromatic carbocycles. The summed E-state index contributed by atoms with van der Waals surface area (Å²) in [6.45, 7) is 6.61. The van der Waals surface area contributed by atoms with Gasteiger partial charge in [0.1, 0.15) is 84.9 Å². The average molecular weight is 1770 g/mol. The van der Waals surface area contributed by atoms with Crippen LogP contribution in [0.3, 0.4) is 0 Å². The minimum Gasteiger partial charge on any atom is -0.508 e. The van der Waals surface area contributed by atoms with Crippen molar-refractivity contribution in [2.45, 2.75) is 235 Å². The number of amides is 13. The number of unbranched alkanes of at least 4 members (excludes halogenated alkanes) is 3. The molecule has 0 saturated heterocycles. The van der Waals surface area contributed by atoms with E-state index in [1.54, 1.807) is 20.8 Å². The fourth-order valence-electron chi connectivity index (χ4n) is 13.5. The molecule has 1 aliphatic carbocycles. The molecule has 0 heterocycles. The van der Waals surface area contributed by atoms with E-state index in [0.29, 0.717) is 18.4 Å². The fraction of sp³-hybridized carbons (Fsp3) is 0.561. The predicted octanol–water partition coefficient (Wildman–Crippen LogP) is -3.53. The molecule has 4 rings (SSSR count). The first kappa shape index (κ1) is 106. The van der Waals surface area contributed by atoms with E-state index in [0.717, 1.165) is 22.3 Å². The second-order valence-corrected chi connectivity index (χ2v) is 31.9. The number of rotatable bonds is 58. The number of phenolic OH excluding ortho intramolecular Hbond substituents is 1. The summed E-state index contributed by atoms with van der Waals surface area (Å²) >= 11 is 0. The number of alkyl carbamates (subject to hydrolysis) is 1. The number of ether oxygens (including phenoxy) is 1. The Bertz CT molecular complexity index is 4180. The number of phenols is 1. The maximum Gasteiger partial charge on any atom is 0.407 e. The number of fused-ring (bicyclic) bond motifs is 3. The third kappa shape index (κ3) is 36.9. The summed E-state index contributed by atoms with van der Waals surface area (Å²) in [5, 5.41) is 100. The molecule has 44 nitrogen and oxygen atoms in total. The summed E-state index contributed by atoms with van der Waals surface area (Å²) in [5.74, 6) is -19.5. The first-order chi connectivity index (χ1) is 59.6. The number of nitrogens with one attached hydrogen (secondary N) is 16.